The molecule has 0 unspecified atom stereocenters. The summed E-state index contributed by atoms with van der Waals surface area (Å²) in [5, 5.41) is 7.60. The van der Waals surface area contributed by atoms with Crippen LogP contribution in [0.4, 0.5) is 0 Å². The zero-order valence-corrected chi connectivity index (χ0v) is 13.9. The highest BCUT2D eigenvalue weighted by molar-refractivity contribution is 5.85. The van der Waals surface area contributed by atoms with Gasteiger partial charge in [0, 0.05) is 24.8 Å². The van der Waals surface area contributed by atoms with Crippen LogP contribution in [0.1, 0.15) is 24.2 Å². The molecule has 1 aromatic heterocycles. The van der Waals surface area contributed by atoms with Crippen molar-refractivity contribution in [2.45, 2.75) is 39.3 Å². The third-order valence-electron chi connectivity index (χ3n) is 3.64. The molecule has 1 aromatic rings. The molecule has 20 heavy (non-hydrogen) atoms. The number of hydrogen-bond acceptors (Lipinski definition) is 3. The van der Waals surface area contributed by atoms with E-state index in [1.807, 2.05) is 31.9 Å². The molecular formula is C13H24Cl2N4O. The minimum absolute atomic E-state index is 0. The molecule has 2 rings (SSSR count). The summed E-state index contributed by atoms with van der Waals surface area (Å²) < 4.78 is 1.79. The third kappa shape index (κ3) is 4.65. The standard InChI is InChI=1S/C13H22N4O.2ClH/c1-10-8-11(2)17(15-10)9-13(18)16-6-4-12(14-3)5-7-16;;/h8,12,14H,4-7,9H2,1-3H3;2*1H. The van der Waals surface area contributed by atoms with Gasteiger partial charge in [0.15, 0.2) is 0 Å². The van der Waals surface area contributed by atoms with E-state index < -0.39 is 0 Å². The number of carbonyl (C=O) groups is 1. The Morgan fingerprint density at radius 1 is 1.35 bits per heavy atom. The third-order valence-corrected chi connectivity index (χ3v) is 3.64. The zero-order valence-electron chi connectivity index (χ0n) is 12.3. The molecule has 0 atom stereocenters. The highest BCUT2D eigenvalue weighted by Crippen LogP contribution is 2.11. The molecule has 116 valence electrons. The maximum absolute atomic E-state index is 12.2. The lowest BCUT2D eigenvalue weighted by Crippen LogP contribution is -2.45. The minimum atomic E-state index is 0. The smallest absolute Gasteiger partial charge is 0.244 e. The average Bonchev–Trinajstić information content (AvgIpc) is 2.68. The Bertz CT molecular complexity index is 428. The maximum Gasteiger partial charge on any atom is 0.244 e. The van der Waals surface area contributed by atoms with Gasteiger partial charge in [-0.05, 0) is 39.8 Å². The molecule has 1 amide bonds. The second-order valence-electron chi connectivity index (χ2n) is 5.03. The first-order valence-corrected chi connectivity index (χ1v) is 6.56. The number of aromatic nitrogens is 2. The topological polar surface area (TPSA) is 50.2 Å². The van der Waals surface area contributed by atoms with Gasteiger partial charge in [0.1, 0.15) is 6.54 Å². The Labute approximate surface area is 132 Å². The fraction of sp³-hybridized carbons (Fsp3) is 0.692. The van der Waals surface area contributed by atoms with Crippen LogP contribution in [0.5, 0.6) is 0 Å². The second-order valence-corrected chi connectivity index (χ2v) is 5.03. The molecule has 0 aliphatic carbocycles. The summed E-state index contributed by atoms with van der Waals surface area (Å²) in [5.41, 5.74) is 2.01. The molecule has 1 fully saturated rings. The van der Waals surface area contributed by atoms with Gasteiger partial charge in [0.2, 0.25) is 5.91 Å². The molecule has 7 heteroatoms. The van der Waals surface area contributed by atoms with Gasteiger partial charge >= 0.3 is 0 Å². The number of amides is 1. The van der Waals surface area contributed by atoms with Gasteiger partial charge in [-0.3, -0.25) is 9.48 Å². The van der Waals surface area contributed by atoms with Gasteiger partial charge in [-0.25, -0.2) is 0 Å². The van der Waals surface area contributed by atoms with Crippen molar-refractivity contribution in [2.75, 3.05) is 20.1 Å². The molecule has 1 N–H and O–H groups in total. The highest BCUT2D eigenvalue weighted by atomic mass is 35.5. The number of likely N-dealkylation sites (tertiary alicyclic amines) is 1. The maximum atomic E-state index is 12.2. The molecule has 0 saturated carbocycles. The van der Waals surface area contributed by atoms with E-state index in [2.05, 4.69) is 10.4 Å². The summed E-state index contributed by atoms with van der Waals surface area (Å²) in [6.45, 7) is 6.00. The fourth-order valence-electron chi connectivity index (χ4n) is 2.48. The number of hydrogen-bond donors (Lipinski definition) is 1. The zero-order chi connectivity index (χ0) is 13.1. The number of halogens is 2. The molecular weight excluding hydrogens is 299 g/mol. The Morgan fingerprint density at radius 3 is 2.40 bits per heavy atom. The molecule has 0 spiro atoms. The predicted octanol–water partition coefficient (Wildman–Crippen LogP) is 1.55. The lowest BCUT2D eigenvalue weighted by atomic mass is 10.1. The lowest BCUT2D eigenvalue weighted by molar-refractivity contribution is -0.133. The van der Waals surface area contributed by atoms with Crippen molar-refractivity contribution in [3.63, 3.8) is 0 Å². The SMILES string of the molecule is CNC1CCN(C(=O)Cn2nc(C)cc2C)CC1.Cl.Cl. The van der Waals surface area contributed by atoms with Crippen LogP contribution in [0.25, 0.3) is 0 Å². The number of piperidine rings is 1. The Morgan fingerprint density at radius 2 is 1.95 bits per heavy atom. The van der Waals surface area contributed by atoms with Crippen LogP contribution in [0.15, 0.2) is 6.07 Å². The predicted molar refractivity (Wildman–Crippen MR) is 84.9 cm³/mol. The van der Waals surface area contributed by atoms with E-state index in [4.69, 9.17) is 0 Å². The van der Waals surface area contributed by atoms with E-state index in [-0.39, 0.29) is 30.7 Å². The molecule has 0 radical (unpaired) electrons. The number of carbonyl (C=O) groups excluding carboxylic acids is 1. The van der Waals surface area contributed by atoms with Crippen molar-refractivity contribution in [3.8, 4) is 0 Å². The van der Waals surface area contributed by atoms with Crippen LogP contribution < -0.4 is 5.32 Å². The number of nitrogens with one attached hydrogen (secondary N) is 1. The van der Waals surface area contributed by atoms with Crippen LogP contribution in [0.3, 0.4) is 0 Å². The Hall–Kier alpha value is -0.780. The first-order valence-electron chi connectivity index (χ1n) is 6.56. The van der Waals surface area contributed by atoms with Gasteiger partial charge in [-0.2, -0.15) is 5.10 Å². The van der Waals surface area contributed by atoms with Crippen LogP contribution in [-0.2, 0) is 11.3 Å². The van der Waals surface area contributed by atoms with E-state index >= 15 is 0 Å². The van der Waals surface area contributed by atoms with E-state index in [9.17, 15) is 4.79 Å². The normalized spacial score (nSPS) is 15.4. The molecule has 1 aliphatic rings. The summed E-state index contributed by atoms with van der Waals surface area (Å²) in [7, 11) is 1.98. The summed E-state index contributed by atoms with van der Waals surface area (Å²) in [4.78, 5) is 14.1. The molecule has 0 bridgehead atoms. The van der Waals surface area contributed by atoms with Crippen molar-refractivity contribution in [1.29, 1.82) is 0 Å². The van der Waals surface area contributed by atoms with Crippen LogP contribution in [0.2, 0.25) is 0 Å². The van der Waals surface area contributed by atoms with Gasteiger partial charge in [-0.1, -0.05) is 0 Å². The summed E-state index contributed by atoms with van der Waals surface area (Å²) in [6.07, 6.45) is 2.08. The molecule has 5 nitrogen and oxygen atoms in total. The van der Waals surface area contributed by atoms with Gasteiger partial charge in [0.25, 0.3) is 0 Å². The summed E-state index contributed by atoms with van der Waals surface area (Å²) >= 11 is 0. The van der Waals surface area contributed by atoms with E-state index in [1.165, 1.54) is 0 Å². The molecule has 1 saturated heterocycles. The average molecular weight is 323 g/mol. The van der Waals surface area contributed by atoms with Gasteiger partial charge < -0.3 is 10.2 Å². The summed E-state index contributed by atoms with van der Waals surface area (Å²) in [5.74, 6) is 0.177. The minimum Gasteiger partial charge on any atom is -0.341 e. The monoisotopic (exact) mass is 322 g/mol. The van der Waals surface area contributed by atoms with Gasteiger partial charge in [0.05, 0.1) is 5.69 Å². The summed E-state index contributed by atoms with van der Waals surface area (Å²) in [6, 6.07) is 2.56. The number of aryl methyl sites for hydroxylation is 2. The van der Waals surface area contributed by atoms with E-state index in [0.29, 0.717) is 12.6 Å². The van der Waals surface area contributed by atoms with E-state index in [1.54, 1.807) is 4.68 Å². The first kappa shape index (κ1) is 19.2. The fourth-order valence-corrected chi connectivity index (χ4v) is 2.48. The van der Waals surface area contributed by atoms with Crippen molar-refractivity contribution in [1.82, 2.24) is 20.0 Å². The Kier molecular flexibility index (Phi) is 8.16. The van der Waals surface area contributed by atoms with Gasteiger partial charge in [-0.15, -0.1) is 24.8 Å². The van der Waals surface area contributed by atoms with Crippen molar-refractivity contribution in [3.05, 3.63) is 17.5 Å². The van der Waals surface area contributed by atoms with Crippen molar-refractivity contribution >= 4 is 30.7 Å². The lowest BCUT2D eigenvalue weighted by Gasteiger charge is -2.31. The Balaban J connectivity index is 0.00000180. The molecule has 1 aliphatic heterocycles. The highest BCUT2D eigenvalue weighted by Gasteiger charge is 2.22. The van der Waals surface area contributed by atoms with Crippen molar-refractivity contribution < 1.29 is 4.79 Å². The molecule has 0 aromatic carbocycles. The van der Waals surface area contributed by atoms with Crippen LogP contribution in [0, 0.1) is 13.8 Å². The second kappa shape index (κ2) is 8.49. The largest absolute Gasteiger partial charge is 0.341 e. The van der Waals surface area contributed by atoms with Crippen molar-refractivity contribution in [2.24, 2.45) is 0 Å². The first-order chi connectivity index (χ1) is 8.60. The van der Waals surface area contributed by atoms with E-state index in [0.717, 1.165) is 37.3 Å². The molecule has 2 heterocycles. The quantitative estimate of drug-likeness (QED) is 0.918. The number of nitrogens with zero attached hydrogens (tertiary/aromatic N) is 3. The van der Waals surface area contributed by atoms with Crippen LogP contribution >= 0.6 is 24.8 Å². The number of rotatable bonds is 3. The van der Waals surface area contributed by atoms with Crippen LogP contribution in [-0.4, -0.2) is 46.8 Å².